The van der Waals surface area contributed by atoms with Gasteiger partial charge in [0.2, 0.25) is 5.95 Å². The summed E-state index contributed by atoms with van der Waals surface area (Å²) in [6.45, 7) is 5.81. The van der Waals surface area contributed by atoms with Gasteiger partial charge in [-0.25, -0.2) is 9.97 Å². The fourth-order valence-corrected chi connectivity index (χ4v) is 2.18. The predicted octanol–water partition coefficient (Wildman–Crippen LogP) is 2.71. The lowest BCUT2D eigenvalue weighted by Gasteiger charge is -2.10. The highest BCUT2D eigenvalue weighted by Crippen LogP contribution is 2.15. The average molecular weight is 327 g/mol. The van der Waals surface area contributed by atoms with Crippen LogP contribution in [0.2, 0.25) is 0 Å². The average Bonchev–Trinajstić information content (AvgIpc) is 2.55. The number of aromatic nitrogens is 2. The van der Waals surface area contributed by atoms with E-state index in [1.807, 2.05) is 46.1 Å². The monoisotopic (exact) mass is 327 g/mol. The molecule has 24 heavy (non-hydrogen) atoms. The van der Waals surface area contributed by atoms with Crippen LogP contribution >= 0.6 is 0 Å². The van der Waals surface area contributed by atoms with Crippen molar-refractivity contribution in [1.82, 2.24) is 14.9 Å². The van der Waals surface area contributed by atoms with Crippen LogP contribution in [0.4, 0.5) is 11.6 Å². The molecule has 0 spiro atoms. The molecule has 0 bridgehead atoms. The third-order valence-electron chi connectivity index (χ3n) is 3.72. The summed E-state index contributed by atoms with van der Waals surface area (Å²) < 4.78 is 0. The molecule has 0 saturated heterocycles. The second kappa shape index (κ2) is 8.40. The lowest BCUT2D eigenvalue weighted by molar-refractivity contribution is 0.102. The number of rotatable bonds is 7. The van der Waals surface area contributed by atoms with Gasteiger partial charge in [0.1, 0.15) is 5.69 Å². The Bertz CT molecular complexity index is 700. The zero-order chi connectivity index (χ0) is 17.5. The fraction of sp³-hybridized carbons (Fsp3) is 0.389. The molecule has 6 nitrogen and oxygen atoms in total. The molecule has 1 amide bonds. The minimum Gasteiger partial charge on any atom is -0.354 e. The summed E-state index contributed by atoms with van der Waals surface area (Å²) in [6.07, 6.45) is 2.58. The highest BCUT2D eigenvalue weighted by atomic mass is 16.1. The Morgan fingerprint density at radius 1 is 1.17 bits per heavy atom. The first-order valence-corrected chi connectivity index (χ1v) is 8.06. The molecule has 1 aromatic carbocycles. The van der Waals surface area contributed by atoms with Gasteiger partial charge >= 0.3 is 0 Å². The number of aryl methyl sites for hydroxylation is 2. The molecular formula is C18H25N5O. The van der Waals surface area contributed by atoms with Crippen molar-refractivity contribution in [1.29, 1.82) is 0 Å². The number of carbonyl (C=O) groups excluding carboxylic acids is 1. The molecule has 0 radical (unpaired) electrons. The molecule has 0 aliphatic rings. The van der Waals surface area contributed by atoms with Crippen LogP contribution in [-0.2, 0) is 0 Å². The summed E-state index contributed by atoms with van der Waals surface area (Å²) in [5, 5.41) is 6.02. The highest BCUT2D eigenvalue weighted by Gasteiger charge is 2.09. The first-order valence-electron chi connectivity index (χ1n) is 8.06. The molecule has 0 fully saturated rings. The SMILES string of the molecule is Cc1ccc(NC(=O)c2ccnc(NCCCN(C)C)n2)cc1C. The lowest BCUT2D eigenvalue weighted by atomic mass is 10.1. The maximum Gasteiger partial charge on any atom is 0.274 e. The maximum absolute atomic E-state index is 12.3. The van der Waals surface area contributed by atoms with E-state index in [0.717, 1.165) is 30.8 Å². The van der Waals surface area contributed by atoms with Crippen LogP contribution in [0.3, 0.4) is 0 Å². The number of carbonyl (C=O) groups is 1. The number of nitrogens with zero attached hydrogens (tertiary/aromatic N) is 3. The van der Waals surface area contributed by atoms with Crippen molar-refractivity contribution in [2.24, 2.45) is 0 Å². The van der Waals surface area contributed by atoms with Gasteiger partial charge in [-0.15, -0.1) is 0 Å². The predicted molar refractivity (Wildman–Crippen MR) is 97.6 cm³/mol. The van der Waals surface area contributed by atoms with E-state index in [0.29, 0.717) is 11.6 Å². The molecule has 0 aliphatic carbocycles. The van der Waals surface area contributed by atoms with E-state index >= 15 is 0 Å². The van der Waals surface area contributed by atoms with Gasteiger partial charge in [-0.05, 0) is 70.2 Å². The van der Waals surface area contributed by atoms with Crippen LogP contribution in [0.5, 0.6) is 0 Å². The lowest BCUT2D eigenvalue weighted by Crippen LogP contribution is -2.18. The number of hydrogen-bond donors (Lipinski definition) is 2. The quantitative estimate of drug-likeness (QED) is 0.765. The molecule has 128 valence electrons. The van der Waals surface area contributed by atoms with Crippen molar-refractivity contribution < 1.29 is 4.79 Å². The number of amides is 1. The Kier molecular flexibility index (Phi) is 6.26. The van der Waals surface area contributed by atoms with Crippen LogP contribution in [0.25, 0.3) is 0 Å². The van der Waals surface area contributed by atoms with Gasteiger partial charge in [0.15, 0.2) is 0 Å². The van der Waals surface area contributed by atoms with Gasteiger partial charge in [-0.2, -0.15) is 0 Å². The van der Waals surface area contributed by atoms with Crippen molar-refractivity contribution in [2.75, 3.05) is 37.8 Å². The number of hydrogen-bond acceptors (Lipinski definition) is 5. The van der Waals surface area contributed by atoms with E-state index in [4.69, 9.17) is 0 Å². The first-order chi connectivity index (χ1) is 11.5. The molecule has 0 unspecified atom stereocenters. The van der Waals surface area contributed by atoms with Crippen molar-refractivity contribution in [3.63, 3.8) is 0 Å². The van der Waals surface area contributed by atoms with Crippen LogP contribution in [0, 0.1) is 13.8 Å². The van der Waals surface area contributed by atoms with Gasteiger partial charge in [-0.3, -0.25) is 4.79 Å². The van der Waals surface area contributed by atoms with Gasteiger partial charge in [0.05, 0.1) is 0 Å². The van der Waals surface area contributed by atoms with Crippen LogP contribution in [0.1, 0.15) is 28.0 Å². The molecule has 0 aliphatic heterocycles. The summed E-state index contributed by atoms with van der Waals surface area (Å²) >= 11 is 0. The number of benzene rings is 1. The van der Waals surface area contributed by atoms with Crippen molar-refractivity contribution >= 4 is 17.5 Å². The minimum absolute atomic E-state index is 0.239. The van der Waals surface area contributed by atoms with Crippen LogP contribution < -0.4 is 10.6 Å². The normalized spacial score (nSPS) is 10.7. The summed E-state index contributed by atoms with van der Waals surface area (Å²) in [4.78, 5) is 22.9. The standard InChI is InChI=1S/C18H25N5O/c1-13-6-7-15(12-14(13)2)21-17(24)16-8-10-20-18(22-16)19-9-5-11-23(3)4/h6-8,10,12H,5,9,11H2,1-4H3,(H,21,24)(H,19,20,22). The third kappa shape index (κ3) is 5.31. The van der Waals surface area contributed by atoms with Gasteiger partial charge in [0.25, 0.3) is 5.91 Å². The smallest absolute Gasteiger partial charge is 0.274 e. The fourth-order valence-electron chi connectivity index (χ4n) is 2.18. The Labute approximate surface area is 143 Å². The van der Waals surface area contributed by atoms with Crippen LogP contribution in [0.15, 0.2) is 30.5 Å². The molecule has 1 heterocycles. The summed E-state index contributed by atoms with van der Waals surface area (Å²) in [6, 6.07) is 7.45. The zero-order valence-corrected chi connectivity index (χ0v) is 14.8. The van der Waals surface area contributed by atoms with Crippen molar-refractivity contribution in [3.05, 3.63) is 47.3 Å². The van der Waals surface area contributed by atoms with E-state index in [9.17, 15) is 4.79 Å². The van der Waals surface area contributed by atoms with E-state index in [1.54, 1.807) is 12.3 Å². The number of nitrogens with one attached hydrogen (secondary N) is 2. The summed E-state index contributed by atoms with van der Waals surface area (Å²) in [7, 11) is 4.07. The molecule has 6 heteroatoms. The van der Waals surface area contributed by atoms with E-state index in [-0.39, 0.29) is 5.91 Å². The Balaban J connectivity index is 1.96. The maximum atomic E-state index is 12.3. The van der Waals surface area contributed by atoms with Crippen molar-refractivity contribution in [3.8, 4) is 0 Å². The zero-order valence-electron chi connectivity index (χ0n) is 14.8. The van der Waals surface area contributed by atoms with E-state index in [1.165, 1.54) is 5.56 Å². The van der Waals surface area contributed by atoms with E-state index < -0.39 is 0 Å². The molecule has 2 aromatic rings. The van der Waals surface area contributed by atoms with Gasteiger partial charge in [-0.1, -0.05) is 6.07 Å². The molecular weight excluding hydrogens is 302 g/mol. The highest BCUT2D eigenvalue weighted by molar-refractivity contribution is 6.03. The minimum atomic E-state index is -0.239. The first kappa shape index (κ1) is 17.9. The Morgan fingerprint density at radius 3 is 2.67 bits per heavy atom. The van der Waals surface area contributed by atoms with Crippen LogP contribution in [-0.4, -0.2) is 48.0 Å². The Hall–Kier alpha value is -2.47. The van der Waals surface area contributed by atoms with Gasteiger partial charge < -0.3 is 15.5 Å². The molecule has 2 rings (SSSR count). The second-order valence-electron chi connectivity index (χ2n) is 6.10. The number of anilines is 2. The second-order valence-corrected chi connectivity index (χ2v) is 6.10. The summed E-state index contributed by atoms with van der Waals surface area (Å²) in [5.41, 5.74) is 3.44. The molecule has 2 N–H and O–H groups in total. The molecule has 1 aromatic heterocycles. The van der Waals surface area contributed by atoms with Gasteiger partial charge in [0, 0.05) is 18.4 Å². The Morgan fingerprint density at radius 2 is 1.96 bits per heavy atom. The largest absolute Gasteiger partial charge is 0.354 e. The third-order valence-corrected chi connectivity index (χ3v) is 3.72. The summed E-state index contributed by atoms with van der Waals surface area (Å²) in [5.74, 6) is 0.235. The molecule has 0 atom stereocenters. The molecule has 0 saturated carbocycles. The topological polar surface area (TPSA) is 70.2 Å². The van der Waals surface area contributed by atoms with Crippen molar-refractivity contribution in [2.45, 2.75) is 20.3 Å². The van der Waals surface area contributed by atoms with E-state index in [2.05, 4.69) is 25.5 Å².